The molecule has 1 N–H and O–H groups in total. The predicted molar refractivity (Wildman–Crippen MR) is 69.5 cm³/mol. The molecule has 1 aromatic carbocycles. The Morgan fingerprint density at radius 3 is 2.53 bits per heavy atom. The van der Waals surface area contributed by atoms with Crippen molar-refractivity contribution in [2.45, 2.75) is 6.18 Å². The lowest BCUT2D eigenvalue weighted by Gasteiger charge is -2.14. The number of benzene rings is 1. The zero-order valence-corrected chi connectivity index (χ0v) is 11.5. The van der Waals surface area contributed by atoms with Crippen LogP contribution in [0, 0.1) is 0 Å². The highest BCUT2D eigenvalue weighted by Crippen LogP contribution is 2.37. The number of hydrogen-bond donors (Lipinski definition) is 1. The third-order valence-electron chi connectivity index (χ3n) is 2.23. The normalized spacial score (nSPS) is 11.4. The predicted octanol–water partition coefficient (Wildman–Crippen LogP) is 4.65. The molecule has 0 spiro atoms. The van der Waals surface area contributed by atoms with Crippen LogP contribution < -0.4 is 5.32 Å². The molecular formula is C11H6BrClF3N3. The molecule has 2 aromatic rings. The van der Waals surface area contributed by atoms with Gasteiger partial charge >= 0.3 is 6.18 Å². The first-order valence-corrected chi connectivity index (χ1v) is 6.16. The van der Waals surface area contributed by atoms with Gasteiger partial charge in [0.1, 0.15) is 17.3 Å². The molecule has 19 heavy (non-hydrogen) atoms. The number of anilines is 2. The van der Waals surface area contributed by atoms with E-state index in [-0.39, 0.29) is 16.7 Å². The molecule has 0 saturated carbocycles. The molecule has 0 aliphatic heterocycles. The van der Waals surface area contributed by atoms with Crippen molar-refractivity contribution in [2.75, 3.05) is 5.32 Å². The van der Waals surface area contributed by atoms with Crippen LogP contribution >= 0.6 is 27.5 Å². The van der Waals surface area contributed by atoms with Crippen molar-refractivity contribution in [3.05, 3.63) is 45.8 Å². The maximum absolute atomic E-state index is 12.8. The molecule has 0 aliphatic carbocycles. The second kappa shape index (κ2) is 5.34. The Labute approximate surface area is 120 Å². The number of rotatable bonds is 2. The minimum atomic E-state index is -4.45. The first-order chi connectivity index (χ1) is 8.89. The van der Waals surface area contributed by atoms with Gasteiger partial charge in [0.05, 0.1) is 15.7 Å². The molecule has 2 rings (SSSR count). The van der Waals surface area contributed by atoms with Gasteiger partial charge in [0, 0.05) is 0 Å². The molecule has 8 heteroatoms. The monoisotopic (exact) mass is 351 g/mol. The fraction of sp³-hybridized carbons (Fsp3) is 0.0909. The topological polar surface area (TPSA) is 37.8 Å². The molecule has 0 aliphatic rings. The van der Waals surface area contributed by atoms with Gasteiger partial charge in [-0.25, -0.2) is 9.97 Å². The Kier molecular flexibility index (Phi) is 3.96. The van der Waals surface area contributed by atoms with E-state index in [1.54, 1.807) is 0 Å². The fourth-order valence-corrected chi connectivity index (χ4v) is 1.84. The lowest BCUT2D eigenvalue weighted by atomic mass is 10.1. The molecule has 0 atom stereocenters. The van der Waals surface area contributed by atoms with Gasteiger partial charge in [0.25, 0.3) is 0 Å². The molecule has 0 amide bonds. The van der Waals surface area contributed by atoms with Crippen LogP contribution in [0.25, 0.3) is 0 Å². The first kappa shape index (κ1) is 14.1. The summed E-state index contributed by atoms with van der Waals surface area (Å²) in [5.41, 5.74) is -0.887. The second-order valence-corrected chi connectivity index (χ2v) is 4.65. The quantitative estimate of drug-likeness (QED) is 0.799. The Balaban J connectivity index is 2.42. The van der Waals surface area contributed by atoms with Crippen molar-refractivity contribution >= 4 is 39.0 Å². The van der Waals surface area contributed by atoms with Gasteiger partial charge in [-0.05, 0) is 28.1 Å². The minimum Gasteiger partial charge on any atom is -0.339 e. The van der Waals surface area contributed by atoms with Crippen LogP contribution in [0.15, 0.2) is 35.1 Å². The molecule has 0 bridgehead atoms. The average molecular weight is 353 g/mol. The Morgan fingerprint density at radius 2 is 1.84 bits per heavy atom. The van der Waals surface area contributed by atoms with E-state index in [0.29, 0.717) is 4.47 Å². The van der Waals surface area contributed by atoms with E-state index in [4.69, 9.17) is 11.6 Å². The molecule has 1 heterocycles. The summed E-state index contributed by atoms with van der Waals surface area (Å²) in [7, 11) is 0. The summed E-state index contributed by atoms with van der Waals surface area (Å²) >= 11 is 8.86. The van der Waals surface area contributed by atoms with E-state index in [1.165, 1.54) is 18.2 Å². The van der Waals surface area contributed by atoms with Crippen molar-refractivity contribution in [2.24, 2.45) is 0 Å². The number of para-hydroxylation sites is 1. The maximum Gasteiger partial charge on any atom is 0.418 e. The number of hydrogen-bond acceptors (Lipinski definition) is 3. The van der Waals surface area contributed by atoms with Gasteiger partial charge in [-0.15, -0.1) is 0 Å². The SMILES string of the molecule is FC(F)(F)c1ccccc1Nc1ncnc(Cl)c1Br. The van der Waals surface area contributed by atoms with Gasteiger partial charge in [-0.2, -0.15) is 13.2 Å². The Hall–Kier alpha value is -1.34. The molecule has 0 saturated heterocycles. The highest BCUT2D eigenvalue weighted by Gasteiger charge is 2.33. The van der Waals surface area contributed by atoms with Crippen molar-refractivity contribution in [1.82, 2.24) is 9.97 Å². The molecular weight excluding hydrogens is 346 g/mol. The summed E-state index contributed by atoms with van der Waals surface area (Å²) in [5.74, 6) is 0.164. The average Bonchev–Trinajstić information content (AvgIpc) is 2.34. The smallest absolute Gasteiger partial charge is 0.339 e. The molecule has 0 unspecified atom stereocenters. The summed E-state index contributed by atoms with van der Waals surface area (Å²) in [5, 5.41) is 2.70. The van der Waals surface area contributed by atoms with Gasteiger partial charge in [-0.1, -0.05) is 23.7 Å². The summed E-state index contributed by atoms with van der Waals surface area (Å²) in [6.07, 6.45) is -3.29. The van der Waals surface area contributed by atoms with Crippen molar-refractivity contribution in [3.63, 3.8) is 0 Å². The zero-order valence-electron chi connectivity index (χ0n) is 9.17. The number of alkyl halides is 3. The van der Waals surface area contributed by atoms with Crippen LogP contribution in [-0.2, 0) is 6.18 Å². The minimum absolute atomic E-state index is 0.106. The van der Waals surface area contributed by atoms with Crippen molar-refractivity contribution < 1.29 is 13.2 Å². The van der Waals surface area contributed by atoms with E-state index in [2.05, 4.69) is 31.2 Å². The fourth-order valence-electron chi connectivity index (χ4n) is 1.40. The van der Waals surface area contributed by atoms with Crippen LogP contribution in [0.5, 0.6) is 0 Å². The number of nitrogens with one attached hydrogen (secondary N) is 1. The van der Waals surface area contributed by atoms with Gasteiger partial charge < -0.3 is 5.32 Å². The number of nitrogens with zero attached hydrogens (tertiary/aromatic N) is 2. The van der Waals surface area contributed by atoms with Gasteiger partial charge in [0.2, 0.25) is 0 Å². The van der Waals surface area contributed by atoms with Crippen LogP contribution in [0.1, 0.15) is 5.56 Å². The van der Waals surface area contributed by atoms with Crippen molar-refractivity contribution in [3.8, 4) is 0 Å². The maximum atomic E-state index is 12.8. The van der Waals surface area contributed by atoms with E-state index < -0.39 is 11.7 Å². The van der Waals surface area contributed by atoms with E-state index >= 15 is 0 Å². The standard InChI is InChI=1S/C11H6BrClF3N3/c12-8-9(13)17-5-18-10(8)19-7-4-2-1-3-6(7)11(14,15)16/h1-5H,(H,17,18,19). The lowest BCUT2D eigenvalue weighted by Crippen LogP contribution is -2.09. The van der Waals surface area contributed by atoms with E-state index in [1.807, 2.05) is 0 Å². The van der Waals surface area contributed by atoms with Gasteiger partial charge in [-0.3, -0.25) is 0 Å². The summed E-state index contributed by atoms with van der Waals surface area (Å²) in [4.78, 5) is 7.53. The Morgan fingerprint density at radius 1 is 1.16 bits per heavy atom. The highest BCUT2D eigenvalue weighted by molar-refractivity contribution is 9.10. The van der Waals surface area contributed by atoms with Crippen LogP contribution in [0.3, 0.4) is 0 Å². The van der Waals surface area contributed by atoms with E-state index in [0.717, 1.165) is 12.4 Å². The molecule has 0 fully saturated rings. The number of halogens is 5. The van der Waals surface area contributed by atoms with Crippen LogP contribution in [0.4, 0.5) is 24.7 Å². The van der Waals surface area contributed by atoms with Crippen LogP contribution in [-0.4, -0.2) is 9.97 Å². The largest absolute Gasteiger partial charge is 0.418 e. The van der Waals surface area contributed by atoms with Crippen molar-refractivity contribution in [1.29, 1.82) is 0 Å². The summed E-state index contributed by atoms with van der Waals surface area (Å²) in [6, 6.07) is 5.11. The summed E-state index contributed by atoms with van der Waals surface area (Å²) < 4.78 is 38.8. The highest BCUT2D eigenvalue weighted by atomic mass is 79.9. The first-order valence-electron chi connectivity index (χ1n) is 4.99. The molecule has 1 aromatic heterocycles. The number of aromatic nitrogens is 2. The second-order valence-electron chi connectivity index (χ2n) is 3.50. The van der Waals surface area contributed by atoms with Gasteiger partial charge in [0.15, 0.2) is 0 Å². The van der Waals surface area contributed by atoms with Crippen LogP contribution in [0.2, 0.25) is 5.15 Å². The molecule has 0 radical (unpaired) electrons. The molecule has 100 valence electrons. The third-order valence-corrected chi connectivity index (χ3v) is 3.50. The lowest BCUT2D eigenvalue weighted by molar-refractivity contribution is -0.136. The Bertz CT molecular complexity index is 604. The van der Waals surface area contributed by atoms with E-state index in [9.17, 15) is 13.2 Å². The molecule has 3 nitrogen and oxygen atoms in total. The summed E-state index contributed by atoms with van der Waals surface area (Å²) in [6.45, 7) is 0. The third kappa shape index (κ3) is 3.16. The zero-order chi connectivity index (χ0) is 14.0.